The number of benzene rings is 1. The lowest BCUT2D eigenvalue weighted by Gasteiger charge is -2.26. The van der Waals surface area contributed by atoms with Crippen molar-refractivity contribution in [2.24, 2.45) is 0 Å². The number of carbonyl (C=O) groups excluding carboxylic acids is 1. The highest BCUT2D eigenvalue weighted by molar-refractivity contribution is 5.89. The highest BCUT2D eigenvalue weighted by Crippen LogP contribution is 2.01. The fourth-order valence-electron chi connectivity index (χ4n) is 1.70. The Bertz CT molecular complexity index is 347. The SMILES string of the molecule is O=C(OCCN1CCOCC1)c1c[c]ccc1. The smallest absolute Gasteiger partial charge is 0.338 e. The van der Waals surface area contributed by atoms with Crippen LogP contribution in [0.25, 0.3) is 0 Å². The predicted octanol–water partition coefficient (Wildman–Crippen LogP) is 0.976. The molecule has 0 spiro atoms. The number of morpholine rings is 1. The largest absolute Gasteiger partial charge is 0.461 e. The third kappa shape index (κ3) is 3.84. The van der Waals surface area contributed by atoms with Crippen LogP contribution in [-0.2, 0) is 9.47 Å². The van der Waals surface area contributed by atoms with Gasteiger partial charge in [-0.3, -0.25) is 4.90 Å². The highest BCUT2D eigenvalue weighted by atomic mass is 16.5. The van der Waals surface area contributed by atoms with Crippen molar-refractivity contribution in [3.8, 4) is 0 Å². The molecule has 1 aromatic carbocycles. The molecular formula is C13H16NO3. The van der Waals surface area contributed by atoms with Crippen LogP contribution in [0.4, 0.5) is 0 Å². The second-order valence-electron chi connectivity index (χ2n) is 3.88. The van der Waals surface area contributed by atoms with Crippen LogP contribution in [0.2, 0.25) is 0 Å². The monoisotopic (exact) mass is 234 g/mol. The molecule has 4 heteroatoms. The van der Waals surface area contributed by atoms with Gasteiger partial charge in [-0.2, -0.15) is 0 Å². The fraction of sp³-hybridized carbons (Fsp3) is 0.462. The minimum Gasteiger partial charge on any atom is -0.461 e. The summed E-state index contributed by atoms with van der Waals surface area (Å²) in [5.41, 5.74) is 0.550. The first kappa shape index (κ1) is 12.1. The standard InChI is InChI=1S/C13H16NO3/c15-13(12-4-2-1-3-5-12)17-11-8-14-6-9-16-10-7-14/h1-2,4-5H,6-11H2. The van der Waals surface area contributed by atoms with Crippen LogP contribution in [0.3, 0.4) is 0 Å². The number of hydrogen-bond acceptors (Lipinski definition) is 4. The topological polar surface area (TPSA) is 38.8 Å². The third-order valence-electron chi connectivity index (χ3n) is 2.69. The summed E-state index contributed by atoms with van der Waals surface area (Å²) in [7, 11) is 0. The summed E-state index contributed by atoms with van der Waals surface area (Å²) in [5, 5.41) is 0. The van der Waals surface area contributed by atoms with Gasteiger partial charge >= 0.3 is 5.97 Å². The molecule has 2 rings (SSSR count). The van der Waals surface area contributed by atoms with Gasteiger partial charge in [0.25, 0.3) is 0 Å². The van der Waals surface area contributed by atoms with E-state index in [1.165, 1.54) is 0 Å². The minimum atomic E-state index is -0.282. The second kappa shape index (κ2) is 6.37. The molecule has 1 aliphatic heterocycles. The zero-order chi connectivity index (χ0) is 11.9. The average molecular weight is 234 g/mol. The number of carbonyl (C=O) groups is 1. The molecule has 0 amide bonds. The van der Waals surface area contributed by atoms with E-state index in [1.807, 2.05) is 0 Å². The molecule has 4 nitrogen and oxygen atoms in total. The maximum Gasteiger partial charge on any atom is 0.338 e. The number of rotatable bonds is 4. The van der Waals surface area contributed by atoms with Crippen LogP contribution in [0, 0.1) is 6.07 Å². The van der Waals surface area contributed by atoms with E-state index in [0.29, 0.717) is 12.2 Å². The summed E-state index contributed by atoms with van der Waals surface area (Å²) in [4.78, 5) is 13.8. The number of ether oxygens (including phenoxy) is 2. The van der Waals surface area contributed by atoms with Crippen molar-refractivity contribution in [3.05, 3.63) is 35.9 Å². The predicted molar refractivity (Wildman–Crippen MR) is 62.8 cm³/mol. The zero-order valence-electron chi connectivity index (χ0n) is 9.72. The molecule has 1 saturated heterocycles. The van der Waals surface area contributed by atoms with Crippen LogP contribution in [0.15, 0.2) is 24.3 Å². The van der Waals surface area contributed by atoms with E-state index in [0.717, 1.165) is 32.8 Å². The molecule has 1 aromatic rings. The number of esters is 1. The van der Waals surface area contributed by atoms with E-state index < -0.39 is 0 Å². The van der Waals surface area contributed by atoms with Gasteiger partial charge in [0.15, 0.2) is 0 Å². The molecular weight excluding hydrogens is 218 g/mol. The summed E-state index contributed by atoms with van der Waals surface area (Å²) in [5.74, 6) is -0.282. The van der Waals surface area contributed by atoms with Crippen LogP contribution < -0.4 is 0 Å². The molecule has 17 heavy (non-hydrogen) atoms. The Kier molecular flexibility index (Phi) is 4.53. The van der Waals surface area contributed by atoms with Gasteiger partial charge in [0.2, 0.25) is 0 Å². The van der Waals surface area contributed by atoms with E-state index in [9.17, 15) is 4.79 Å². The zero-order valence-corrected chi connectivity index (χ0v) is 9.72. The Morgan fingerprint density at radius 3 is 3.00 bits per heavy atom. The van der Waals surface area contributed by atoms with Crippen molar-refractivity contribution in [2.45, 2.75) is 0 Å². The first-order chi connectivity index (χ1) is 8.36. The lowest BCUT2D eigenvalue weighted by Crippen LogP contribution is -2.38. The summed E-state index contributed by atoms with van der Waals surface area (Å²) in [6, 6.07) is 9.75. The molecule has 0 atom stereocenters. The fourth-order valence-corrected chi connectivity index (χ4v) is 1.70. The van der Waals surface area contributed by atoms with Gasteiger partial charge in [-0.05, 0) is 18.2 Å². The van der Waals surface area contributed by atoms with Crippen LogP contribution >= 0.6 is 0 Å². The molecule has 0 bridgehead atoms. The normalized spacial score (nSPS) is 16.7. The number of nitrogens with zero attached hydrogens (tertiary/aromatic N) is 1. The van der Waals surface area contributed by atoms with Gasteiger partial charge in [0.1, 0.15) is 6.61 Å². The first-order valence-corrected chi connectivity index (χ1v) is 5.79. The van der Waals surface area contributed by atoms with Crippen molar-refractivity contribution in [1.82, 2.24) is 4.90 Å². The molecule has 0 N–H and O–H groups in total. The van der Waals surface area contributed by atoms with Gasteiger partial charge in [-0.1, -0.05) is 12.1 Å². The summed E-state index contributed by atoms with van der Waals surface area (Å²) in [6.45, 7) is 4.55. The van der Waals surface area contributed by atoms with Gasteiger partial charge in [0, 0.05) is 19.6 Å². The number of hydrogen-bond donors (Lipinski definition) is 0. The Labute approximate surface area is 101 Å². The maximum absolute atomic E-state index is 11.6. The quantitative estimate of drug-likeness (QED) is 0.728. The Morgan fingerprint density at radius 1 is 1.47 bits per heavy atom. The molecule has 0 saturated carbocycles. The first-order valence-electron chi connectivity index (χ1n) is 5.79. The van der Waals surface area contributed by atoms with E-state index in [-0.39, 0.29) is 5.97 Å². The van der Waals surface area contributed by atoms with Crippen LogP contribution in [0.1, 0.15) is 10.4 Å². The van der Waals surface area contributed by atoms with Crippen molar-refractivity contribution in [1.29, 1.82) is 0 Å². The molecule has 0 aliphatic carbocycles. The summed E-state index contributed by atoms with van der Waals surface area (Å²) < 4.78 is 10.4. The van der Waals surface area contributed by atoms with Gasteiger partial charge in [-0.15, -0.1) is 0 Å². The summed E-state index contributed by atoms with van der Waals surface area (Å²) >= 11 is 0. The lowest BCUT2D eigenvalue weighted by atomic mass is 10.2. The van der Waals surface area contributed by atoms with Gasteiger partial charge in [0.05, 0.1) is 18.8 Å². The van der Waals surface area contributed by atoms with Crippen LogP contribution in [0.5, 0.6) is 0 Å². The van der Waals surface area contributed by atoms with Crippen molar-refractivity contribution in [3.63, 3.8) is 0 Å². The molecule has 0 unspecified atom stereocenters. The minimum absolute atomic E-state index is 0.282. The van der Waals surface area contributed by atoms with Crippen LogP contribution in [-0.4, -0.2) is 50.3 Å². The maximum atomic E-state index is 11.6. The van der Waals surface area contributed by atoms with Crippen molar-refractivity contribution < 1.29 is 14.3 Å². The van der Waals surface area contributed by atoms with Crippen molar-refractivity contribution >= 4 is 5.97 Å². The molecule has 1 heterocycles. The molecule has 91 valence electrons. The highest BCUT2D eigenvalue weighted by Gasteiger charge is 2.11. The van der Waals surface area contributed by atoms with E-state index in [2.05, 4.69) is 11.0 Å². The van der Waals surface area contributed by atoms with Crippen molar-refractivity contribution in [2.75, 3.05) is 39.5 Å². The van der Waals surface area contributed by atoms with E-state index >= 15 is 0 Å². The summed E-state index contributed by atoms with van der Waals surface area (Å²) in [6.07, 6.45) is 0. The molecule has 0 aromatic heterocycles. The second-order valence-corrected chi connectivity index (χ2v) is 3.88. The molecule has 1 radical (unpaired) electrons. The Morgan fingerprint density at radius 2 is 2.29 bits per heavy atom. The van der Waals surface area contributed by atoms with E-state index in [4.69, 9.17) is 9.47 Å². The van der Waals surface area contributed by atoms with Gasteiger partial charge in [-0.25, -0.2) is 4.79 Å². The van der Waals surface area contributed by atoms with Gasteiger partial charge < -0.3 is 9.47 Å². The van der Waals surface area contributed by atoms with E-state index in [1.54, 1.807) is 24.3 Å². The molecule has 1 aliphatic rings. The average Bonchev–Trinajstić information content (AvgIpc) is 2.41. The Balaban J connectivity index is 1.69. The molecule has 1 fully saturated rings. The Hall–Kier alpha value is -1.39. The lowest BCUT2D eigenvalue weighted by molar-refractivity contribution is 0.0195. The third-order valence-corrected chi connectivity index (χ3v) is 2.69.